The molecule has 3 rings (SSSR count). The Morgan fingerprint density at radius 2 is 2.15 bits per heavy atom. The van der Waals surface area contributed by atoms with E-state index < -0.39 is 0 Å². The van der Waals surface area contributed by atoms with Crippen molar-refractivity contribution in [2.75, 3.05) is 17.3 Å². The summed E-state index contributed by atoms with van der Waals surface area (Å²) in [6, 6.07) is 9.32. The van der Waals surface area contributed by atoms with E-state index in [2.05, 4.69) is 5.32 Å². The first kappa shape index (κ1) is 12.9. The van der Waals surface area contributed by atoms with Gasteiger partial charge in [0, 0.05) is 24.8 Å². The van der Waals surface area contributed by atoms with E-state index in [1.807, 2.05) is 29.6 Å². The van der Waals surface area contributed by atoms with Crippen LogP contribution in [0.5, 0.6) is 0 Å². The molecule has 1 aromatic heterocycles. The number of amides is 2. The fourth-order valence-corrected chi connectivity index (χ4v) is 2.95. The van der Waals surface area contributed by atoms with Gasteiger partial charge >= 0.3 is 0 Å². The van der Waals surface area contributed by atoms with Crippen molar-refractivity contribution in [3.63, 3.8) is 0 Å². The van der Waals surface area contributed by atoms with Crippen LogP contribution in [0, 0.1) is 0 Å². The van der Waals surface area contributed by atoms with Crippen LogP contribution >= 0.6 is 11.3 Å². The molecule has 2 aromatic rings. The minimum atomic E-state index is -0.0970. The number of anilines is 2. The van der Waals surface area contributed by atoms with Crippen LogP contribution in [0.25, 0.3) is 0 Å². The number of benzene rings is 1. The Morgan fingerprint density at radius 3 is 2.90 bits per heavy atom. The van der Waals surface area contributed by atoms with E-state index in [9.17, 15) is 9.59 Å². The monoisotopic (exact) mass is 286 g/mol. The van der Waals surface area contributed by atoms with Crippen molar-refractivity contribution in [3.8, 4) is 0 Å². The van der Waals surface area contributed by atoms with Crippen LogP contribution in [0.1, 0.15) is 21.7 Å². The third-order valence-electron chi connectivity index (χ3n) is 3.43. The van der Waals surface area contributed by atoms with Crippen LogP contribution in [-0.4, -0.2) is 18.9 Å². The highest BCUT2D eigenvalue weighted by Gasteiger charge is 2.21. The van der Waals surface area contributed by atoms with Crippen LogP contribution in [0.15, 0.2) is 35.7 Å². The lowest BCUT2D eigenvalue weighted by molar-refractivity contribution is -0.118. The number of carbonyl (C=O) groups is 2. The Morgan fingerprint density at radius 1 is 1.30 bits per heavy atom. The largest absolute Gasteiger partial charge is 0.321 e. The van der Waals surface area contributed by atoms with Gasteiger partial charge in [0.15, 0.2) is 0 Å². The van der Waals surface area contributed by atoms with E-state index in [1.165, 1.54) is 11.3 Å². The predicted octanol–water partition coefficient (Wildman–Crippen LogP) is 2.91. The molecule has 0 spiro atoms. The number of nitrogens with zero attached hydrogens (tertiary/aromatic N) is 1. The summed E-state index contributed by atoms with van der Waals surface area (Å²) >= 11 is 1.41. The van der Waals surface area contributed by atoms with Crippen LogP contribution in [0.3, 0.4) is 0 Å². The Kier molecular flexibility index (Phi) is 3.28. The van der Waals surface area contributed by atoms with E-state index in [4.69, 9.17) is 0 Å². The van der Waals surface area contributed by atoms with Gasteiger partial charge in [-0.05, 0) is 41.6 Å². The number of hydrogen-bond donors (Lipinski definition) is 1. The van der Waals surface area contributed by atoms with Crippen molar-refractivity contribution in [1.82, 2.24) is 0 Å². The molecule has 0 saturated heterocycles. The van der Waals surface area contributed by atoms with Crippen LogP contribution < -0.4 is 10.2 Å². The van der Waals surface area contributed by atoms with Gasteiger partial charge in [0.1, 0.15) is 0 Å². The molecule has 2 amide bonds. The molecule has 0 unspecified atom stereocenters. The molecule has 0 bridgehead atoms. The quantitative estimate of drug-likeness (QED) is 0.922. The summed E-state index contributed by atoms with van der Waals surface area (Å²) in [6.07, 6.45) is 1.24. The summed E-state index contributed by atoms with van der Waals surface area (Å²) in [6.45, 7) is 0. The van der Waals surface area contributed by atoms with E-state index in [0.29, 0.717) is 11.3 Å². The molecule has 0 atom stereocenters. The fourth-order valence-electron chi connectivity index (χ4n) is 2.33. The molecular formula is C15H14N2O2S. The van der Waals surface area contributed by atoms with Gasteiger partial charge in [-0.2, -0.15) is 0 Å². The lowest BCUT2D eigenvalue weighted by Crippen LogP contribution is -2.31. The highest BCUT2D eigenvalue weighted by Crippen LogP contribution is 2.29. The van der Waals surface area contributed by atoms with Gasteiger partial charge < -0.3 is 10.2 Å². The molecule has 0 saturated carbocycles. The highest BCUT2D eigenvalue weighted by atomic mass is 32.1. The maximum absolute atomic E-state index is 12.0. The summed E-state index contributed by atoms with van der Waals surface area (Å²) < 4.78 is 0. The summed E-state index contributed by atoms with van der Waals surface area (Å²) in [5.74, 6) is 0.0352. The topological polar surface area (TPSA) is 49.4 Å². The number of aryl methyl sites for hydroxylation is 1. The first-order valence-corrected chi connectivity index (χ1v) is 7.27. The van der Waals surface area contributed by atoms with Gasteiger partial charge in [-0.15, -0.1) is 11.3 Å². The molecule has 4 nitrogen and oxygen atoms in total. The Labute approximate surface area is 121 Å². The molecule has 1 N–H and O–H groups in total. The van der Waals surface area contributed by atoms with Gasteiger partial charge in [0.25, 0.3) is 5.91 Å². The summed E-state index contributed by atoms with van der Waals surface area (Å²) in [5.41, 5.74) is 2.79. The SMILES string of the molecule is CN1C(=O)CCc2cc(NC(=O)c3cccs3)ccc21. The second-order valence-electron chi connectivity index (χ2n) is 4.73. The van der Waals surface area contributed by atoms with Crippen molar-refractivity contribution in [2.24, 2.45) is 0 Å². The van der Waals surface area contributed by atoms with E-state index in [0.717, 1.165) is 23.4 Å². The molecule has 5 heteroatoms. The van der Waals surface area contributed by atoms with Crippen molar-refractivity contribution in [2.45, 2.75) is 12.8 Å². The van der Waals surface area contributed by atoms with Crippen LogP contribution in [0.4, 0.5) is 11.4 Å². The molecule has 1 aliphatic rings. The second-order valence-corrected chi connectivity index (χ2v) is 5.68. The standard InChI is InChI=1S/C15H14N2O2S/c1-17-12-6-5-11(9-10(12)4-7-14(17)18)16-15(19)13-3-2-8-20-13/h2-3,5-6,8-9H,4,7H2,1H3,(H,16,19). The summed E-state index contributed by atoms with van der Waals surface area (Å²) in [4.78, 5) is 26.0. The number of rotatable bonds is 2. The average molecular weight is 286 g/mol. The lowest BCUT2D eigenvalue weighted by atomic mass is 10.0. The van der Waals surface area contributed by atoms with Gasteiger partial charge in [0.05, 0.1) is 4.88 Å². The number of thiophene rings is 1. The maximum Gasteiger partial charge on any atom is 0.265 e. The molecule has 0 radical (unpaired) electrons. The van der Waals surface area contributed by atoms with E-state index in [-0.39, 0.29) is 11.8 Å². The third-order valence-corrected chi connectivity index (χ3v) is 4.29. The molecule has 2 heterocycles. The Hall–Kier alpha value is -2.14. The van der Waals surface area contributed by atoms with E-state index >= 15 is 0 Å². The number of fused-ring (bicyclic) bond motifs is 1. The van der Waals surface area contributed by atoms with Gasteiger partial charge in [-0.25, -0.2) is 0 Å². The minimum absolute atomic E-state index is 0.0970. The molecular weight excluding hydrogens is 272 g/mol. The van der Waals surface area contributed by atoms with Crippen molar-refractivity contribution < 1.29 is 9.59 Å². The van der Waals surface area contributed by atoms with Crippen LogP contribution in [-0.2, 0) is 11.2 Å². The van der Waals surface area contributed by atoms with Crippen molar-refractivity contribution >= 4 is 34.5 Å². The highest BCUT2D eigenvalue weighted by molar-refractivity contribution is 7.12. The number of hydrogen-bond acceptors (Lipinski definition) is 3. The molecule has 102 valence electrons. The van der Waals surface area contributed by atoms with Gasteiger partial charge in [0.2, 0.25) is 5.91 Å². The number of carbonyl (C=O) groups excluding carboxylic acids is 2. The van der Waals surface area contributed by atoms with Gasteiger partial charge in [-0.3, -0.25) is 9.59 Å². The molecule has 20 heavy (non-hydrogen) atoms. The normalized spacial score (nSPS) is 14.1. The Balaban J connectivity index is 1.83. The number of nitrogens with one attached hydrogen (secondary N) is 1. The molecule has 0 fully saturated rings. The van der Waals surface area contributed by atoms with Gasteiger partial charge in [-0.1, -0.05) is 6.07 Å². The first-order chi connectivity index (χ1) is 9.65. The molecule has 1 aliphatic heterocycles. The fraction of sp³-hybridized carbons (Fsp3) is 0.200. The minimum Gasteiger partial charge on any atom is -0.321 e. The third kappa shape index (κ3) is 2.32. The zero-order chi connectivity index (χ0) is 14.1. The predicted molar refractivity (Wildman–Crippen MR) is 80.4 cm³/mol. The maximum atomic E-state index is 12.0. The Bertz CT molecular complexity index is 665. The summed E-state index contributed by atoms with van der Waals surface area (Å²) in [7, 11) is 1.78. The molecule has 0 aliphatic carbocycles. The summed E-state index contributed by atoms with van der Waals surface area (Å²) in [5, 5.41) is 4.77. The first-order valence-electron chi connectivity index (χ1n) is 6.39. The smallest absolute Gasteiger partial charge is 0.265 e. The van der Waals surface area contributed by atoms with E-state index in [1.54, 1.807) is 18.0 Å². The van der Waals surface area contributed by atoms with Crippen molar-refractivity contribution in [1.29, 1.82) is 0 Å². The average Bonchev–Trinajstić information content (AvgIpc) is 2.97. The lowest BCUT2D eigenvalue weighted by Gasteiger charge is -2.26. The van der Waals surface area contributed by atoms with Crippen molar-refractivity contribution in [3.05, 3.63) is 46.2 Å². The molecule has 1 aromatic carbocycles. The zero-order valence-electron chi connectivity index (χ0n) is 11.1. The van der Waals surface area contributed by atoms with Crippen LogP contribution in [0.2, 0.25) is 0 Å². The zero-order valence-corrected chi connectivity index (χ0v) is 11.9. The second kappa shape index (κ2) is 5.09.